The van der Waals surface area contributed by atoms with E-state index in [-0.39, 0.29) is 11.7 Å². The zero-order chi connectivity index (χ0) is 16.9. The lowest BCUT2D eigenvalue weighted by molar-refractivity contribution is 0.0955. The number of nitrogens with zero attached hydrogens (tertiary/aromatic N) is 1. The first-order chi connectivity index (χ1) is 11.7. The van der Waals surface area contributed by atoms with Crippen molar-refractivity contribution in [3.63, 3.8) is 0 Å². The highest BCUT2D eigenvalue weighted by atomic mass is 16.5. The molecule has 0 saturated carbocycles. The van der Waals surface area contributed by atoms with E-state index < -0.39 is 0 Å². The van der Waals surface area contributed by atoms with Crippen molar-refractivity contribution in [3.05, 3.63) is 71.8 Å². The monoisotopic (exact) mass is 320 g/mol. The van der Waals surface area contributed by atoms with Crippen molar-refractivity contribution in [2.24, 2.45) is 5.10 Å². The predicted octanol–water partition coefficient (Wildman–Crippen LogP) is 3.32. The Balaban J connectivity index is 1.71. The van der Waals surface area contributed by atoms with Gasteiger partial charge in [-0.2, -0.15) is 5.10 Å². The molecule has 0 aliphatic carbocycles. The molecule has 2 N–H and O–H groups in total. The number of carbonyl (C=O) groups is 1. The van der Waals surface area contributed by atoms with Crippen LogP contribution in [-0.4, -0.2) is 24.3 Å². The quantitative estimate of drug-likeness (QED) is 0.572. The van der Waals surface area contributed by atoms with E-state index in [9.17, 15) is 9.90 Å². The lowest BCUT2D eigenvalue weighted by Crippen LogP contribution is -2.17. The van der Waals surface area contributed by atoms with Crippen LogP contribution in [-0.2, 0) is 0 Å². The van der Waals surface area contributed by atoms with Crippen molar-refractivity contribution < 1.29 is 14.6 Å². The Labute approximate surface area is 139 Å². The first kappa shape index (κ1) is 15.6. The highest BCUT2D eigenvalue weighted by molar-refractivity contribution is 5.95. The fraction of sp³-hybridized carbons (Fsp3) is 0.0526. The molecule has 5 nitrogen and oxygen atoms in total. The number of benzene rings is 3. The molecule has 3 aromatic carbocycles. The number of hydrogen-bond donors (Lipinski definition) is 2. The second-order valence-electron chi connectivity index (χ2n) is 5.22. The number of fused-ring (bicyclic) bond motifs is 1. The Morgan fingerprint density at radius 3 is 2.50 bits per heavy atom. The highest BCUT2D eigenvalue weighted by Gasteiger charge is 2.03. The maximum Gasteiger partial charge on any atom is 0.271 e. The second kappa shape index (κ2) is 6.83. The van der Waals surface area contributed by atoms with E-state index in [4.69, 9.17) is 4.74 Å². The average Bonchev–Trinajstić information content (AvgIpc) is 2.61. The van der Waals surface area contributed by atoms with Crippen molar-refractivity contribution in [1.82, 2.24) is 5.43 Å². The first-order valence-corrected chi connectivity index (χ1v) is 7.36. The van der Waals surface area contributed by atoms with E-state index in [1.54, 1.807) is 13.3 Å². The number of ether oxygens (including phenoxy) is 1. The predicted molar refractivity (Wildman–Crippen MR) is 93.7 cm³/mol. The van der Waals surface area contributed by atoms with Crippen molar-refractivity contribution in [2.75, 3.05) is 7.11 Å². The van der Waals surface area contributed by atoms with E-state index >= 15 is 0 Å². The van der Waals surface area contributed by atoms with Gasteiger partial charge >= 0.3 is 0 Å². The molecule has 0 spiro atoms. The molecular weight excluding hydrogens is 304 g/mol. The summed E-state index contributed by atoms with van der Waals surface area (Å²) in [7, 11) is 1.64. The van der Waals surface area contributed by atoms with Crippen LogP contribution < -0.4 is 10.2 Å². The van der Waals surface area contributed by atoms with Gasteiger partial charge < -0.3 is 9.84 Å². The standard InChI is InChI=1S/C19H16N2O3/c1-24-18-9-6-15-10-13(2-3-16(15)11-18)12-20-21-19(23)14-4-7-17(22)8-5-14/h2-12,22H,1H3,(H,21,23)/b20-12+. The maximum absolute atomic E-state index is 11.9. The topological polar surface area (TPSA) is 70.9 Å². The van der Waals surface area contributed by atoms with Crippen LogP contribution in [0.2, 0.25) is 0 Å². The Morgan fingerprint density at radius 1 is 1.04 bits per heavy atom. The van der Waals surface area contributed by atoms with Gasteiger partial charge in [0.1, 0.15) is 11.5 Å². The summed E-state index contributed by atoms with van der Waals surface area (Å²) in [5, 5.41) is 15.3. The van der Waals surface area contributed by atoms with Crippen molar-refractivity contribution in [3.8, 4) is 11.5 Å². The third-order valence-corrected chi connectivity index (χ3v) is 3.58. The molecule has 0 heterocycles. The van der Waals surface area contributed by atoms with Gasteiger partial charge in [-0.3, -0.25) is 4.79 Å². The number of methoxy groups -OCH3 is 1. The summed E-state index contributed by atoms with van der Waals surface area (Å²) in [5.74, 6) is 0.588. The van der Waals surface area contributed by atoms with E-state index in [2.05, 4.69) is 10.5 Å². The smallest absolute Gasteiger partial charge is 0.271 e. The van der Waals surface area contributed by atoms with Gasteiger partial charge in [-0.15, -0.1) is 0 Å². The molecule has 0 unspecified atom stereocenters. The Kier molecular flexibility index (Phi) is 4.43. The van der Waals surface area contributed by atoms with Crippen LogP contribution in [0.3, 0.4) is 0 Å². The van der Waals surface area contributed by atoms with Crippen LogP contribution in [0.15, 0.2) is 65.8 Å². The van der Waals surface area contributed by atoms with Crippen molar-refractivity contribution in [1.29, 1.82) is 0 Å². The zero-order valence-corrected chi connectivity index (χ0v) is 13.1. The van der Waals surface area contributed by atoms with Crippen LogP contribution >= 0.6 is 0 Å². The molecular formula is C19H16N2O3. The highest BCUT2D eigenvalue weighted by Crippen LogP contribution is 2.21. The molecule has 0 aromatic heterocycles. The maximum atomic E-state index is 11.9. The summed E-state index contributed by atoms with van der Waals surface area (Å²) >= 11 is 0. The first-order valence-electron chi connectivity index (χ1n) is 7.36. The third-order valence-electron chi connectivity index (χ3n) is 3.58. The van der Waals surface area contributed by atoms with Crippen LogP contribution in [0.4, 0.5) is 0 Å². The molecule has 0 bridgehead atoms. The molecule has 0 aliphatic heterocycles. The lowest BCUT2D eigenvalue weighted by Gasteiger charge is -2.03. The largest absolute Gasteiger partial charge is 0.508 e. The Morgan fingerprint density at radius 2 is 1.75 bits per heavy atom. The van der Waals surface area contributed by atoms with E-state index in [1.165, 1.54) is 24.3 Å². The SMILES string of the molecule is COc1ccc2cc(/C=N/NC(=O)c3ccc(O)cc3)ccc2c1. The van der Waals surface area contributed by atoms with Gasteiger partial charge in [0.2, 0.25) is 0 Å². The second-order valence-corrected chi connectivity index (χ2v) is 5.22. The van der Waals surface area contributed by atoms with Gasteiger partial charge in [0.25, 0.3) is 5.91 Å². The zero-order valence-electron chi connectivity index (χ0n) is 13.1. The van der Waals surface area contributed by atoms with Crippen LogP contribution in [0, 0.1) is 0 Å². The van der Waals surface area contributed by atoms with Gasteiger partial charge in [0, 0.05) is 5.56 Å². The molecule has 3 rings (SSSR count). The normalized spacial score (nSPS) is 10.9. The molecule has 5 heteroatoms. The number of phenols is 1. The van der Waals surface area contributed by atoms with E-state index in [0.717, 1.165) is 22.1 Å². The van der Waals surface area contributed by atoms with E-state index in [0.29, 0.717) is 5.56 Å². The molecule has 1 amide bonds. The minimum Gasteiger partial charge on any atom is -0.508 e. The summed E-state index contributed by atoms with van der Waals surface area (Å²) < 4.78 is 5.20. The minimum atomic E-state index is -0.336. The summed E-state index contributed by atoms with van der Waals surface area (Å²) in [6.07, 6.45) is 1.59. The summed E-state index contributed by atoms with van der Waals surface area (Å²) in [4.78, 5) is 11.9. The van der Waals surface area contributed by atoms with Gasteiger partial charge in [0.05, 0.1) is 13.3 Å². The molecule has 0 aliphatic rings. The summed E-state index contributed by atoms with van der Waals surface area (Å²) in [6, 6.07) is 17.7. The number of hydrogen-bond acceptors (Lipinski definition) is 4. The molecule has 0 radical (unpaired) electrons. The molecule has 24 heavy (non-hydrogen) atoms. The van der Waals surface area contributed by atoms with Crippen LogP contribution in [0.5, 0.6) is 11.5 Å². The van der Waals surface area contributed by atoms with Crippen LogP contribution in [0.1, 0.15) is 15.9 Å². The van der Waals surface area contributed by atoms with Crippen LogP contribution in [0.25, 0.3) is 10.8 Å². The van der Waals surface area contributed by atoms with Crippen molar-refractivity contribution in [2.45, 2.75) is 0 Å². The number of amides is 1. The van der Waals surface area contributed by atoms with Crippen molar-refractivity contribution >= 4 is 22.9 Å². The fourth-order valence-corrected chi connectivity index (χ4v) is 2.29. The Hall–Kier alpha value is -3.34. The van der Waals surface area contributed by atoms with Gasteiger partial charge in [-0.05, 0) is 58.8 Å². The van der Waals surface area contributed by atoms with Gasteiger partial charge in [-0.25, -0.2) is 5.43 Å². The minimum absolute atomic E-state index is 0.114. The number of aromatic hydroxyl groups is 1. The van der Waals surface area contributed by atoms with Gasteiger partial charge in [-0.1, -0.05) is 18.2 Å². The molecule has 3 aromatic rings. The summed E-state index contributed by atoms with van der Waals surface area (Å²) in [5.41, 5.74) is 3.76. The van der Waals surface area contributed by atoms with E-state index in [1.807, 2.05) is 36.4 Å². The summed E-state index contributed by atoms with van der Waals surface area (Å²) in [6.45, 7) is 0. The average molecular weight is 320 g/mol. The number of phenolic OH excluding ortho intramolecular Hbond substituents is 1. The number of carbonyl (C=O) groups excluding carboxylic acids is 1. The number of rotatable bonds is 4. The molecule has 0 saturated heterocycles. The number of hydrazone groups is 1. The Bertz CT molecular complexity index is 902. The third kappa shape index (κ3) is 3.52. The van der Waals surface area contributed by atoms with Gasteiger partial charge in [0.15, 0.2) is 0 Å². The fourth-order valence-electron chi connectivity index (χ4n) is 2.29. The lowest BCUT2D eigenvalue weighted by atomic mass is 10.1. The number of nitrogens with one attached hydrogen (secondary N) is 1. The molecule has 120 valence electrons. The molecule has 0 atom stereocenters. The molecule has 0 fully saturated rings.